The van der Waals surface area contributed by atoms with Crippen molar-refractivity contribution in [3.8, 4) is 0 Å². The molecule has 2 N–H and O–H groups in total. The molecule has 2 heterocycles. The van der Waals surface area contributed by atoms with E-state index in [1.165, 1.54) is 10.8 Å². The summed E-state index contributed by atoms with van der Waals surface area (Å²) in [5.41, 5.74) is 6.26. The van der Waals surface area contributed by atoms with Gasteiger partial charge in [0.05, 0.1) is 6.21 Å². The van der Waals surface area contributed by atoms with Crippen molar-refractivity contribution in [2.24, 2.45) is 5.10 Å². The topological polar surface area (TPSA) is 78.8 Å². The van der Waals surface area contributed by atoms with Crippen LogP contribution in [-0.2, 0) is 0 Å². The maximum atomic E-state index is 4.44. The Bertz CT molecular complexity index is 1270. The standard InChI is InChI=1S/C20H14N6/c1-2-6-15-11-13(9-10-14(15)5-1)12-21-25-20-23-19-18(24-26-20)16-7-3-4-8-17(16)22-19/h1-12H,(H2,22,23,25,26)/b21-12-. The van der Waals surface area contributed by atoms with Crippen molar-refractivity contribution in [1.29, 1.82) is 0 Å². The number of fused-ring (bicyclic) bond motifs is 4. The number of aromatic amines is 1. The van der Waals surface area contributed by atoms with Crippen molar-refractivity contribution in [3.05, 3.63) is 72.3 Å². The molecule has 124 valence electrons. The third-order valence-corrected chi connectivity index (χ3v) is 4.27. The van der Waals surface area contributed by atoms with Crippen molar-refractivity contribution in [2.45, 2.75) is 0 Å². The van der Waals surface area contributed by atoms with Crippen molar-refractivity contribution in [1.82, 2.24) is 20.2 Å². The fourth-order valence-corrected chi connectivity index (χ4v) is 3.02. The predicted octanol–water partition coefficient (Wildman–Crippen LogP) is 4.11. The van der Waals surface area contributed by atoms with E-state index >= 15 is 0 Å². The lowest BCUT2D eigenvalue weighted by Crippen LogP contribution is -1.99. The SMILES string of the molecule is C(=N/Nc1nnc2c(n1)[nH]c1ccccc12)/c1ccc2ccccc2c1. The van der Waals surface area contributed by atoms with Gasteiger partial charge in [-0.25, -0.2) is 5.43 Å². The van der Waals surface area contributed by atoms with Crippen LogP contribution in [0.3, 0.4) is 0 Å². The first-order valence-corrected chi connectivity index (χ1v) is 8.26. The van der Waals surface area contributed by atoms with Crippen molar-refractivity contribution in [2.75, 3.05) is 5.43 Å². The molecule has 0 amide bonds. The Morgan fingerprint density at radius 3 is 2.69 bits per heavy atom. The second-order valence-electron chi connectivity index (χ2n) is 5.98. The lowest BCUT2D eigenvalue weighted by molar-refractivity contribution is 1.01. The zero-order chi connectivity index (χ0) is 17.3. The lowest BCUT2D eigenvalue weighted by Gasteiger charge is -1.99. The summed E-state index contributed by atoms with van der Waals surface area (Å²) < 4.78 is 0. The summed E-state index contributed by atoms with van der Waals surface area (Å²) in [6.45, 7) is 0. The molecule has 5 rings (SSSR count). The Morgan fingerprint density at radius 2 is 1.73 bits per heavy atom. The van der Waals surface area contributed by atoms with E-state index in [1.54, 1.807) is 6.21 Å². The number of nitrogens with one attached hydrogen (secondary N) is 2. The van der Waals surface area contributed by atoms with E-state index < -0.39 is 0 Å². The van der Waals surface area contributed by atoms with Crippen molar-refractivity contribution in [3.63, 3.8) is 0 Å². The molecule has 0 aliphatic carbocycles. The molecule has 2 aromatic heterocycles. The highest BCUT2D eigenvalue weighted by Gasteiger charge is 2.07. The van der Waals surface area contributed by atoms with Gasteiger partial charge < -0.3 is 4.98 Å². The van der Waals surface area contributed by atoms with Crippen LogP contribution in [0.2, 0.25) is 0 Å². The molecule has 0 spiro atoms. The van der Waals surface area contributed by atoms with Crippen LogP contribution in [0, 0.1) is 0 Å². The molecule has 6 heteroatoms. The van der Waals surface area contributed by atoms with E-state index in [0.29, 0.717) is 11.6 Å². The Morgan fingerprint density at radius 1 is 0.885 bits per heavy atom. The number of para-hydroxylation sites is 1. The normalized spacial score (nSPS) is 11.7. The first kappa shape index (κ1) is 14.5. The summed E-state index contributed by atoms with van der Waals surface area (Å²) in [5.74, 6) is 0.348. The van der Waals surface area contributed by atoms with Gasteiger partial charge in [0, 0.05) is 10.9 Å². The molecule has 0 aliphatic heterocycles. The highest BCUT2D eigenvalue weighted by Crippen LogP contribution is 2.21. The lowest BCUT2D eigenvalue weighted by atomic mass is 10.1. The molecule has 6 nitrogen and oxygen atoms in total. The average molecular weight is 338 g/mol. The minimum absolute atomic E-state index is 0.348. The smallest absolute Gasteiger partial charge is 0.265 e. The van der Waals surface area contributed by atoms with Crippen LogP contribution in [0.15, 0.2) is 71.8 Å². The molecule has 5 aromatic rings. The van der Waals surface area contributed by atoms with E-state index in [2.05, 4.69) is 55.0 Å². The van der Waals surface area contributed by atoms with Crippen LogP contribution in [-0.4, -0.2) is 26.4 Å². The molecule has 0 atom stereocenters. The molecule has 0 unspecified atom stereocenters. The van der Waals surface area contributed by atoms with Crippen LogP contribution in [0.25, 0.3) is 32.8 Å². The average Bonchev–Trinajstić information content (AvgIpc) is 3.06. The number of hydrazone groups is 1. The van der Waals surface area contributed by atoms with E-state index in [9.17, 15) is 0 Å². The van der Waals surface area contributed by atoms with E-state index in [4.69, 9.17) is 0 Å². The molecular formula is C20H14N6. The predicted molar refractivity (Wildman–Crippen MR) is 104 cm³/mol. The van der Waals surface area contributed by atoms with Crippen LogP contribution in [0.1, 0.15) is 5.56 Å². The van der Waals surface area contributed by atoms with Crippen molar-refractivity contribution >= 4 is 45.0 Å². The van der Waals surface area contributed by atoms with Crippen molar-refractivity contribution < 1.29 is 0 Å². The second-order valence-corrected chi connectivity index (χ2v) is 5.98. The van der Waals surface area contributed by atoms with Gasteiger partial charge in [0.2, 0.25) is 0 Å². The third-order valence-electron chi connectivity index (χ3n) is 4.27. The van der Waals surface area contributed by atoms with Gasteiger partial charge >= 0.3 is 0 Å². The number of anilines is 1. The first-order chi connectivity index (χ1) is 12.9. The van der Waals surface area contributed by atoms with Gasteiger partial charge in [0.1, 0.15) is 5.52 Å². The molecule has 0 bridgehead atoms. The van der Waals surface area contributed by atoms with Gasteiger partial charge in [-0.3, -0.25) is 0 Å². The molecule has 26 heavy (non-hydrogen) atoms. The Hall–Kier alpha value is -3.80. The van der Waals surface area contributed by atoms with E-state index in [0.717, 1.165) is 22.0 Å². The summed E-state index contributed by atoms with van der Waals surface area (Å²) in [5, 5.41) is 16.0. The molecule has 0 saturated heterocycles. The Labute approximate surface area is 148 Å². The largest absolute Gasteiger partial charge is 0.338 e. The molecule has 0 radical (unpaired) electrons. The molecule has 3 aromatic carbocycles. The fourth-order valence-electron chi connectivity index (χ4n) is 3.02. The molecule has 0 fully saturated rings. The zero-order valence-corrected chi connectivity index (χ0v) is 13.7. The zero-order valence-electron chi connectivity index (χ0n) is 13.7. The number of benzene rings is 3. The van der Waals surface area contributed by atoms with Gasteiger partial charge in [-0.2, -0.15) is 10.1 Å². The summed E-state index contributed by atoms with van der Waals surface area (Å²) in [6, 6.07) is 22.3. The van der Waals surface area contributed by atoms with E-state index in [1.807, 2.05) is 42.5 Å². The van der Waals surface area contributed by atoms with Gasteiger partial charge in [-0.1, -0.05) is 54.6 Å². The van der Waals surface area contributed by atoms with Crippen LogP contribution < -0.4 is 5.43 Å². The number of H-pyrrole nitrogens is 1. The maximum absolute atomic E-state index is 4.44. The first-order valence-electron chi connectivity index (χ1n) is 8.26. The van der Waals surface area contributed by atoms with Crippen LogP contribution in [0.5, 0.6) is 0 Å². The Kier molecular flexibility index (Phi) is 3.31. The molecule has 0 aliphatic rings. The Balaban J connectivity index is 1.41. The van der Waals surface area contributed by atoms with Gasteiger partial charge in [-0.05, 0) is 28.5 Å². The fraction of sp³-hybridized carbons (Fsp3) is 0. The van der Waals surface area contributed by atoms with Gasteiger partial charge in [-0.15, -0.1) is 10.2 Å². The van der Waals surface area contributed by atoms with Gasteiger partial charge in [0.15, 0.2) is 5.65 Å². The number of aromatic nitrogens is 4. The highest BCUT2D eigenvalue weighted by molar-refractivity contribution is 6.03. The second kappa shape index (κ2) is 5.93. The minimum Gasteiger partial charge on any atom is -0.338 e. The van der Waals surface area contributed by atoms with E-state index in [-0.39, 0.29) is 0 Å². The van der Waals surface area contributed by atoms with Gasteiger partial charge in [0.25, 0.3) is 5.95 Å². The number of hydrogen-bond acceptors (Lipinski definition) is 5. The third kappa shape index (κ3) is 2.53. The van der Waals surface area contributed by atoms with Crippen LogP contribution >= 0.6 is 0 Å². The highest BCUT2D eigenvalue weighted by atomic mass is 15.4. The summed E-state index contributed by atoms with van der Waals surface area (Å²) >= 11 is 0. The number of nitrogens with zero attached hydrogens (tertiary/aromatic N) is 4. The number of hydrogen-bond donors (Lipinski definition) is 2. The quantitative estimate of drug-likeness (QED) is 0.383. The number of rotatable bonds is 3. The summed E-state index contributed by atoms with van der Waals surface area (Å²) in [6.07, 6.45) is 1.74. The monoisotopic (exact) mass is 338 g/mol. The molecular weight excluding hydrogens is 324 g/mol. The van der Waals surface area contributed by atoms with Crippen LogP contribution in [0.4, 0.5) is 5.95 Å². The maximum Gasteiger partial charge on any atom is 0.265 e. The summed E-state index contributed by atoms with van der Waals surface area (Å²) in [7, 11) is 0. The molecule has 0 saturated carbocycles. The minimum atomic E-state index is 0.348. The summed E-state index contributed by atoms with van der Waals surface area (Å²) in [4.78, 5) is 7.68.